The van der Waals surface area contributed by atoms with Crippen molar-refractivity contribution in [1.82, 2.24) is 15.3 Å². The molecule has 0 aliphatic rings. The SMILES string of the molecule is CC.CC(C)(C)c1ccc(O)cc1.CCC(C)O.CN=C(COc1ccccc1OC)N/C(=N\C(C)OCCCO)c1ncccn1. The summed E-state index contributed by atoms with van der Waals surface area (Å²) in [5, 5.41) is 29.4. The molecule has 0 fully saturated rings. The van der Waals surface area contributed by atoms with Crippen molar-refractivity contribution < 1.29 is 29.5 Å². The van der Waals surface area contributed by atoms with Gasteiger partial charge in [0.05, 0.1) is 19.8 Å². The molecule has 2 atom stereocenters. The molecule has 0 saturated heterocycles. The van der Waals surface area contributed by atoms with Crippen LogP contribution in [0.5, 0.6) is 17.2 Å². The minimum absolute atomic E-state index is 0.0657. The van der Waals surface area contributed by atoms with E-state index in [4.69, 9.17) is 29.5 Å². The summed E-state index contributed by atoms with van der Waals surface area (Å²) in [6.45, 7) is 16.6. The van der Waals surface area contributed by atoms with Gasteiger partial charge >= 0.3 is 0 Å². The molecule has 4 N–H and O–H groups in total. The minimum atomic E-state index is -0.457. The lowest BCUT2D eigenvalue weighted by atomic mass is 9.87. The molecule has 0 aliphatic heterocycles. The second-order valence-electron chi connectivity index (χ2n) is 10.9. The predicted octanol–water partition coefficient (Wildman–Crippen LogP) is 6.17. The number of aromatic hydroxyl groups is 1. The predicted molar refractivity (Wildman–Crippen MR) is 191 cm³/mol. The summed E-state index contributed by atoms with van der Waals surface area (Å²) in [7, 11) is 3.24. The van der Waals surface area contributed by atoms with Crippen LogP contribution in [0.25, 0.3) is 0 Å². The van der Waals surface area contributed by atoms with E-state index in [2.05, 4.69) is 46.0 Å². The Morgan fingerprint density at radius 1 is 0.957 bits per heavy atom. The van der Waals surface area contributed by atoms with E-state index in [0.717, 1.165) is 6.42 Å². The third-order valence-corrected chi connectivity index (χ3v) is 6.04. The smallest absolute Gasteiger partial charge is 0.195 e. The van der Waals surface area contributed by atoms with E-state index in [-0.39, 0.29) is 24.7 Å². The number of hydrogen-bond donors (Lipinski definition) is 4. The number of amidine groups is 2. The largest absolute Gasteiger partial charge is 0.508 e. The number of phenols is 1. The first-order valence-electron chi connectivity index (χ1n) is 16.0. The maximum Gasteiger partial charge on any atom is 0.195 e. The number of ether oxygens (including phenoxy) is 3. The van der Waals surface area contributed by atoms with Crippen LogP contribution in [0.15, 0.2) is 77.0 Å². The Labute approximate surface area is 281 Å². The Morgan fingerprint density at radius 3 is 2.02 bits per heavy atom. The molecule has 0 aliphatic carbocycles. The number of aliphatic hydroxyl groups is 2. The topological polar surface area (TPSA) is 151 Å². The first-order chi connectivity index (χ1) is 22.4. The lowest BCUT2D eigenvalue weighted by Crippen LogP contribution is -2.37. The first kappa shape index (κ1) is 42.9. The molecule has 3 rings (SSSR count). The molecular formula is C36H57N5O6. The standard InChI is InChI=1S/C20H27N5O4.C10H14O.C4H10O.C2H6/c1-15(28-13-7-12-26)24-20(19-22-10-6-11-23-19)25-18(21-2)14-29-17-9-5-4-8-16(17)27-3;1-10(2,3)8-4-6-9(11)7-5-8;1-3-4(2)5;1-2/h4-6,8-11,15,26H,7,12-14H2,1-3H3,(H,21,24,25);4-7,11H,1-3H3;4-5H,3H2,1-2H3;1-2H3. The average Bonchev–Trinajstić information content (AvgIpc) is 3.08. The number of aliphatic imine (C=N–C) groups is 2. The molecule has 2 aromatic carbocycles. The van der Waals surface area contributed by atoms with E-state index < -0.39 is 6.23 Å². The van der Waals surface area contributed by atoms with E-state index in [1.54, 1.807) is 58.6 Å². The van der Waals surface area contributed by atoms with Gasteiger partial charge in [0.25, 0.3) is 0 Å². The molecule has 0 spiro atoms. The third kappa shape index (κ3) is 19.3. The Kier molecular flexibility index (Phi) is 22.9. The molecule has 11 heteroatoms. The van der Waals surface area contributed by atoms with Crippen LogP contribution in [-0.4, -0.2) is 83.3 Å². The highest BCUT2D eigenvalue weighted by Gasteiger charge is 2.14. The molecule has 262 valence electrons. The fourth-order valence-electron chi connectivity index (χ4n) is 3.24. The number of benzene rings is 2. The molecule has 1 heterocycles. The van der Waals surface area contributed by atoms with Crippen molar-refractivity contribution in [2.24, 2.45) is 9.98 Å². The maximum atomic E-state index is 9.02. The van der Waals surface area contributed by atoms with Crippen LogP contribution in [0.1, 0.15) is 79.6 Å². The van der Waals surface area contributed by atoms with Gasteiger partial charge in [0.1, 0.15) is 24.4 Å². The molecular weight excluding hydrogens is 598 g/mol. The summed E-state index contributed by atoms with van der Waals surface area (Å²) in [6, 6.07) is 16.5. The normalized spacial score (nSPS) is 12.5. The number of nitrogens with zero attached hydrogens (tertiary/aromatic N) is 4. The number of aliphatic hydroxyl groups excluding tert-OH is 2. The lowest BCUT2D eigenvalue weighted by molar-refractivity contribution is 0.0614. The number of phenolic OH excluding ortho intramolecular Hbond substituents is 1. The minimum Gasteiger partial charge on any atom is -0.508 e. The second-order valence-corrected chi connectivity index (χ2v) is 10.9. The van der Waals surface area contributed by atoms with E-state index >= 15 is 0 Å². The number of nitrogens with one attached hydrogen (secondary N) is 1. The molecule has 11 nitrogen and oxygen atoms in total. The summed E-state index contributed by atoms with van der Waals surface area (Å²) >= 11 is 0. The van der Waals surface area contributed by atoms with Gasteiger partial charge in [-0.15, -0.1) is 0 Å². The monoisotopic (exact) mass is 655 g/mol. The molecule has 0 amide bonds. The van der Waals surface area contributed by atoms with Gasteiger partial charge in [0.15, 0.2) is 23.2 Å². The third-order valence-electron chi connectivity index (χ3n) is 6.04. The summed E-state index contributed by atoms with van der Waals surface area (Å²) in [6.07, 6.45) is 4.09. The van der Waals surface area contributed by atoms with Crippen molar-refractivity contribution in [3.63, 3.8) is 0 Å². The lowest BCUT2D eigenvalue weighted by Gasteiger charge is -2.18. The average molecular weight is 656 g/mol. The zero-order valence-electron chi connectivity index (χ0n) is 29.9. The van der Waals surface area contributed by atoms with E-state index in [1.165, 1.54) is 5.56 Å². The quantitative estimate of drug-likeness (QED) is 0.108. The van der Waals surface area contributed by atoms with Crippen molar-refractivity contribution in [3.05, 3.63) is 78.4 Å². The van der Waals surface area contributed by atoms with Crippen LogP contribution in [0, 0.1) is 0 Å². The summed E-state index contributed by atoms with van der Waals surface area (Å²) < 4.78 is 16.7. The van der Waals surface area contributed by atoms with Gasteiger partial charge in [-0.3, -0.25) is 4.99 Å². The van der Waals surface area contributed by atoms with Crippen LogP contribution in [0.4, 0.5) is 0 Å². The van der Waals surface area contributed by atoms with E-state index in [9.17, 15) is 0 Å². The van der Waals surface area contributed by atoms with Crippen molar-refractivity contribution >= 4 is 11.7 Å². The molecule has 2 unspecified atom stereocenters. The van der Waals surface area contributed by atoms with Gasteiger partial charge in [-0.1, -0.05) is 65.8 Å². The van der Waals surface area contributed by atoms with Crippen molar-refractivity contribution in [2.45, 2.75) is 86.0 Å². The van der Waals surface area contributed by atoms with Crippen molar-refractivity contribution in [3.8, 4) is 17.2 Å². The summed E-state index contributed by atoms with van der Waals surface area (Å²) in [5.74, 6) is 2.92. The highest BCUT2D eigenvalue weighted by atomic mass is 16.5. The summed E-state index contributed by atoms with van der Waals surface area (Å²) in [4.78, 5) is 17.2. The van der Waals surface area contributed by atoms with Crippen LogP contribution in [0.2, 0.25) is 0 Å². The van der Waals surface area contributed by atoms with E-state index in [1.807, 2.05) is 57.2 Å². The number of methoxy groups -OCH3 is 1. The zero-order valence-corrected chi connectivity index (χ0v) is 29.9. The first-order valence-corrected chi connectivity index (χ1v) is 16.0. The Balaban J connectivity index is 0.000000961. The fourth-order valence-corrected chi connectivity index (χ4v) is 3.24. The highest BCUT2D eigenvalue weighted by Crippen LogP contribution is 2.25. The van der Waals surface area contributed by atoms with Gasteiger partial charge < -0.3 is 34.8 Å². The second kappa shape index (κ2) is 25.1. The van der Waals surface area contributed by atoms with Gasteiger partial charge in [-0.25, -0.2) is 15.0 Å². The molecule has 3 aromatic rings. The maximum absolute atomic E-state index is 9.02. The Hall–Kier alpha value is -4.06. The molecule has 0 bridgehead atoms. The van der Waals surface area contributed by atoms with Gasteiger partial charge in [0, 0.05) is 26.0 Å². The highest BCUT2D eigenvalue weighted by molar-refractivity contribution is 6.07. The molecule has 47 heavy (non-hydrogen) atoms. The van der Waals surface area contributed by atoms with Crippen molar-refractivity contribution in [1.29, 1.82) is 0 Å². The number of aromatic nitrogens is 2. The van der Waals surface area contributed by atoms with Crippen LogP contribution < -0.4 is 14.8 Å². The van der Waals surface area contributed by atoms with Crippen LogP contribution >= 0.6 is 0 Å². The molecule has 0 saturated carbocycles. The van der Waals surface area contributed by atoms with E-state index in [0.29, 0.717) is 47.8 Å². The number of para-hydroxylation sites is 2. The van der Waals surface area contributed by atoms with Gasteiger partial charge in [0.2, 0.25) is 0 Å². The summed E-state index contributed by atoms with van der Waals surface area (Å²) in [5.41, 5.74) is 1.42. The number of hydrogen-bond acceptors (Lipinski definition) is 10. The van der Waals surface area contributed by atoms with Crippen molar-refractivity contribution in [2.75, 3.05) is 34.0 Å². The molecule has 1 aromatic heterocycles. The van der Waals surface area contributed by atoms with Crippen LogP contribution in [-0.2, 0) is 10.2 Å². The zero-order chi connectivity index (χ0) is 35.7. The fraction of sp³-hybridized carbons (Fsp3) is 0.500. The van der Waals surface area contributed by atoms with Gasteiger partial charge in [-0.05, 0) is 68.0 Å². The molecule has 0 radical (unpaired) electrons. The number of rotatable bonds is 11. The Morgan fingerprint density at radius 2 is 1.53 bits per heavy atom. The van der Waals surface area contributed by atoms with Crippen LogP contribution in [0.3, 0.4) is 0 Å². The Bertz CT molecular complexity index is 1260. The van der Waals surface area contributed by atoms with Gasteiger partial charge in [-0.2, -0.15) is 0 Å².